The van der Waals surface area contributed by atoms with Crippen molar-refractivity contribution in [2.24, 2.45) is 0 Å². The second kappa shape index (κ2) is 9.94. The number of hydrogen-bond donors (Lipinski definition) is 0. The molecule has 0 aliphatic carbocycles. The third-order valence-corrected chi connectivity index (χ3v) is 0. The van der Waals surface area contributed by atoms with Crippen molar-refractivity contribution in [1.82, 2.24) is 0 Å². The maximum atomic E-state index is 3.28. The summed E-state index contributed by atoms with van der Waals surface area (Å²) in [5.41, 5.74) is 0. The molecule has 0 aromatic carbocycles. The molecule has 0 bridgehead atoms. The van der Waals surface area contributed by atoms with Crippen molar-refractivity contribution in [1.29, 1.82) is 0 Å². The van der Waals surface area contributed by atoms with Gasteiger partial charge in [0.1, 0.15) is 0 Å². The molecule has 0 nitrogen and oxygen atoms in total. The molecule has 40 valence electrons. The Morgan fingerprint density at radius 1 is 0.714 bits per heavy atom. The zero-order valence-electron chi connectivity index (χ0n) is 3.83. The van der Waals surface area contributed by atoms with E-state index in [9.17, 15) is 0 Å². The average Bonchev–Trinajstić information content (AvgIpc) is 0.722. The first-order chi connectivity index (χ1) is 2.00. The standard InChI is InChI=1S/4BrH.2K.Pd/h4*1H;;;/q;;;;;;+4/p-4. The van der Waals surface area contributed by atoms with E-state index in [2.05, 4.69) is 53.7 Å². The summed E-state index contributed by atoms with van der Waals surface area (Å²) < 4.78 is 0. The summed E-state index contributed by atoms with van der Waals surface area (Å²) in [6.45, 7) is 0. The molecular weight excluding hydrogens is 504 g/mol. The van der Waals surface area contributed by atoms with Gasteiger partial charge in [-0.2, -0.15) is 0 Å². The quantitative estimate of drug-likeness (QED) is 0.446. The van der Waals surface area contributed by atoms with E-state index in [1.54, 1.807) is 0 Å². The summed E-state index contributed by atoms with van der Waals surface area (Å²) >= 11 is 13.1. The Morgan fingerprint density at radius 3 is 0.714 bits per heavy atom. The summed E-state index contributed by atoms with van der Waals surface area (Å²) in [4.78, 5) is 0. The fourth-order valence-electron chi connectivity index (χ4n) is 0. The van der Waals surface area contributed by atoms with Gasteiger partial charge in [0.05, 0.1) is 0 Å². The van der Waals surface area contributed by atoms with Gasteiger partial charge >= 0.3 is 61.2 Å². The minimum atomic E-state index is -1.45. The van der Waals surface area contributed by atoms with Crippen LogP contribution in [-0.2, 0) is 7.47 Å². The summed E-state index contributed by atoms with van der Waals surface area (Å²) in [5.74, 6) is 0. The van der Waals surface area contributed by atoms with Crippen LogP contribution in [0.15, 0.2) is 0 Å². The Kier molecular flexibility index (Phi) is 26.4. The van der Waals surface area contributed by atoms with E-state index in [4.69, 9.17) is 0 Å². The zero-order chi connectivity index (χ0) is 4.50. The first-order valence-corrected chi connectivity index (χ1v) is 14.7. The predicted molar refractivity (Wildman–Crippen MR) is 47.2 cm³/mol. The second-order valence-corrected chi connectivity index (χ2v) is 43.3. The number of rotatable bonds is 0. The molecule has 7 heavy (non-hydrogen) atoms. The van der Waals surface area contributed by atoms with Crippen LogP contribution in [-0.4, -0.2) is 103 Å². The minimum absolute atomic E-state index is 0. The van der Waals surface area contributed by atoms with Gasteiger partial charge in [-0.25, -0.2) is 0 Å². The smallest absolute Gasteiger partial charge is 0 e. The molecule has 0 aliphatic heterocycles. The van der Waals surface area contributed by atoms with Crippen molar-refractivity contribution in [3.63, 3.8) is 0 Å². The molecule has 0 saturated heterocycles. The van der Waals surface area contributed by atoms with Gasteiger partial charge in [-0.05, 0) is 0 Å². The van der Waals surface area contributed by atoms with Crippen LogP contribution < -0.4 is 0 Å². The molecule has 0 aromatic rings. The monoisotopic (exact) mass is 500 g/mol. The molecule has 0 unspecified atom stereocenters. The van der Waals surface area contributed by atoms with Crippen molar-refractivity contribution in [2.45, 2.75) is 0 Å². The van der Waals surface area contributed by atoms with E-state index in [0.717, 1.165) is 0 Å². The van der Waals surface area contributed by atoms with Crippen LogP contribution in [0, 0.1) is 0 Å². The van der Waals surface area contributed by atoms with Crippen LogP contribution in [0.3, 0.4) is 0 Å². The van der Waals surface area contributed by atoms with Crippen molar-refractivity contribution >= 4 is 156 Å². The topological polar surface area (TPSA) is 0 Å². The van der Waals surface area contributed by atoms with Gasteiger partial charge in [-0.3, -0.25) is 0 Å². The normalized spacial score (nSPS) is 10.9. The van der Waals surface area contributed by atoms with Gasteiger partial charge in [0.15, 0.2) is 0 Å². The SMILES string of the molecule is [Br][Pd]([Br])([Br])[Br].[K].[K]. The molecule has 7 heteroatoms. The van der Waals surface area contributed by atoms with Crippen LogP contribution in [0.1, 0.15) is 0 Å². The Balaban J connectivity index is -0.0000000800. The molecule has 0 heterocycles. The molecule has 0 fully saturated rings. The van der Waals surface area contributed by atoms with Gasteiger partial charge in [-0.1, -0.05) is 0 Å². The molecular formula is Br4K2Pd. The van der Waals surface area contributed by atoms with Crippen LogP contribution in [0.5, 0.6) is 0 Å². The van der Waals surface area contributed by atoms with Crippen LogP contribution >= 0.6 is 53.7 Å². The van der Waals surface area contributed by atoms with Crippen molar-refractivity contribution in [2.75, 3.05) is 0 Å². The van der Waals surface area contributed by atoms with E-state index >= 15 is 0 Å². The van der Waals surface area contributed by atoms with Gasteiger partial charge < -0.3 is 0 Å². The third kappa shape index (κ3) is 33.6. The van der Waals surface area contributed by atoms with E-state index in [-0.39, 0.29) is 103 Å². The first kappa shape index (κ1) is 18.6. The maximum Gasteiger partial charge on any atom is 0 e. The molecule has 0 amide bonds. The van der Waals surface area contributed by atoms with E-state index in [1.807, 2.05) is 0 Å². The summed E-state index contributed by atoms with van der Waals surface area (Å²) in [7, 11) is -1.45. The summed E-state index contributed by atoms with van der Waals surface area (Å²) in [6, 6.07) is 0. The second-order valence-electron chi connectivity index (χ2n) is 0.271. The van der Waals surface area contributed by atoms with Crippen molar-refractivity contribution in [3.05, 3.63) is 0 Å². The number of hydrogen-bond acceptors (Lipinski definition) is 0. The zero-order valence-corrected chi connectivity index (χ0v) is 18.0. The summed E-state index contributed by atoms with van der Waals surface area (Å²) in [6.07, 6.45) is 0. The molecule has 0 aromatic heterocycles. The van der Waals surface area contributed by atoms with Crippen molar-refractivity contribution < 1.29 is 7.47 Å². The average molecular weight is 504 g/mol. The molecule has 0 spiro atoms. The van der Waals surface area contributed by atoms with Crippen molar-refractivity contribution in [3.8, 4) is 0 Å². The van der Waals surface area contributed by atoms with E-state index < -0.39 is 7.47 Å². The molecule has 2 radical (unpaired) electrons. The molecule has 0 atom stereocenters. The Labute approximate surface area is 158 Å². The molecule has 0 N–H and O–H groups in total. The third-order valence-electron chi connectivity index (χ3n) is 0. The van der Waals surface area contributed by atoms with E-state index in [1.165, 1.54) is 0 Å². The first-order valence-electron chi connectivity index (χ1n) is 0.478. The molecule has 0 rings (SSSR count). The van der Waals surface area contributed by atoms with Crippen LogP contribution in [0.25, 0.3) is 0 Å². The fourth-order valence-corrected chi connectivity index (χ4v) is 0. The Morgan fingerprint density at radius 2 is 0.714 bits per heavy atom. The van der Waals surface area contributed by atoms with Crippen LogP contribution in [0.4, 0.5) is 0 Å². The van der Waals surface area contributed by atoms with E-state index in [0.29, 0.717) is 0 Å². The Bertz CT molecular complexity index is 25.2. The number of halogens is 4. The minimum Gasteiger partial charge on any atom is 0 e. The molecule has 0 aliphatic rings. The largest absolute Gasteiger partial charge is 0 e. The predicted octanol–water partition coefficient (Wildman–Crippen LogP) is 2.62. The van der Waals surface area contributed by atoms with Crippen LogP contribution in [0.2, 0.25) is 0 Å². The van der Waals surface area contributed by atoms with Gasteiger partial charge in [0, 0.05) is 103 Å². The van der Waals surface area contributed by atoms with Gasteiger partial charge in [0.2, 0.25) is 0 Å². The fraction of sp³-hybridized carbons (Fsp3) is 0. The molecule has 0 saturated carbocycles. The van der Waals surface area contributed by atoms with Gasteiger partial charge in [-0.15, -0.1) is 0 Å². The van der Waals surface area contributed by atoms with Gasteiger partial charge in [0.25, 0.3) is 0 Å². The maximum absolute atomic E-state index is 3.28. The Hall–Kier alpha value is 5.86. The summed E-state index contributed by atoms with van der Waals surface area (Å²) in [5, 5.41) is 0.